The first-order chi connectivity index (χ1) is 14.8. The van der Waals surface area contributed by atoms with E-state index in [1.165, 1.54) is 11.8 Å². The third-order valence-electron chi connectivity index (χ3n) is 4.51. The first kappa shape index (κ1) is 23.3. The van der Waals surface area contributed by atoms with E-state index in [9.17, 15) is 10.1 Å². The standard InChI is InChI=1S/C23H21BrN2O3S2/c1-14(2)12-26-22(27)21(31-23(26)30)9-17-8-19(28-3)20(10-18(17)24)29-13-16-7-5-4-6-15(16)11-25/h4-10,14H,12-13H2,1-3H3/b21-9-. The molecule has 0 saturated carbocycles. The Labute approximate surface area is 200 Å². The molecule has 0 aliphatic carbocycles. The van der Waals surface area contributed by atoms with Crippen molar-refractivity contribution in [2.75, 3.05) is 13.7 Å². The summed E-state index contributed by atoms with van der Waals surface area (Å²) in [6.07, 6.45) is 1.81. The fourth-order valence-electron chi connectivity index (χ4n) is 3.01. The van der Waals surface area contributed by atoms with Gasteiger partial charge in [0.2, 0.25) is 0 Å². The highest BCUT2D eigenvalue weighted by atomic mass is 79.9. The average Bonchev–Trinajstić information content (AvgIpc) is 3.00. The molecule has 0 bridgehead atoms. The van der Waals surface area contributed by atoms with Crippen LogP contribution in [0.2, 0.25) is 0 Å². The monoisotopic (exact) mass is 516 g/mol. The molecule has 0 radical (unpaired) electrons. The minimum absolute atomic E-state index is 0.0806. The number of ether oxygens (including phenoxy) is 2. The fraction of sp³-hybridized carbons (Fsp3) is 0.261. The summed E-state index contributed by atoms with van der Waals surface area (Å²) in [4.78, 5) is 15.0. The summed E-state index contributed by atoms with van der Waals surface area (Å²) in [5.41, 5.74) is 2.15. The Balaban J connectivity index is 1.84. The Morgan fingerprint density at radius 2 is 2.03 bits per heavy atom. The van der Waals surface area contributed by atoms with E-state index in [-0.39, 0.29) is 12.5 Å². The number of methoxy groups -OCH3 is 1. The summed E-state index contributed by atoms with van der Waals surface area (Å²) in [5, 5.41) is 9.25. The zero-order valence-corrected chi connectivity index (χ0v) is 20.6. The molecule has 160 valence electrons. The van der Waals surface area contributed by atoms with Crippen LogP contribution in [0.5, 0.6) is 11.5 Å². The van der Waals surface area contributed by atoms with E-state index in [0.717, 1.165) is 15.6 Å². The van der Waals surface area contributed by atoms with Gasteiger partial charge in [0.15, 0.2) is 11.5 Å². The number of carbonyl (C=O) groups excluding carboxylic acids is 1. The molecular weight excluding hydrogens is 496 g/mol. The van der Waals surface area contributed by atoms with Crippen molar-refractivity contribution in [3.8, 4) is 17.6 Å². The highest BCUT2D eigenvalue weighted by Crippen LogP contribution is 2.38. The highest BCUT2D eigenvalue weighted by Gasteiger charge is 2.32. The number of thioether (sulfide) groups is 1. The third-order valence-corrected chi connectivity index (χ3v) is 6.58. The molecule has 0 unspecified atom stereocenters. The van der Waals surface area contributed by atoms with Gasteiger partial charge in [-0.05, 0) is 35.8 Å². The van der Waals surface area contributed by atoms with Crippen molar-refractivity contribution >= 4 is 56.2 Å². The summed E-state index contributed by atoms with van der Waals surface area (Å²) in [6.45, 7) is 4.94. The summed E-state index contributed by atoms with van der Waals surface area (Å²) in [6, 6.07) is 13.1. The molecule has 0 spiro atoms. The quantitative estimate of drug-likeness (QED) is 0.344. The molecule has 2 aromatic rings. The van der Waals surface area contributed by atoms with E-state index in [4.69, 9.17) is 21.7 Å². The smallest absolute Gasteiger partial charge is 0.266 e. The van der Waals surface area contributed by atoms with Crippen LogP contribution in [0.3, 0.4) is 0 Å². The zero-order valence-electron chi connectivity index (χ0n) is 17.3. The van der Waals surface area contributed by atoms with Gasteiger partial charge in [-0.1, -0.05) is 72.0 Å². The molecule has 3 rings (SSSR count). The Kier molecular flexibility index (Phi) is 7.76. The molecule has 1 saturated heterocycles. The van der Waals surface area contributed by atoms with E-state index in [2.05, 4.69) is 35.8 Å². The first-order valence-electron chi connectivity index (χ1n) is 9.57. The minimum atomic E-state index is -0.0806. The normalized spacial score (nSPS) is 15.0. The number of rotatable bonds is 7. The van der Waals surface area contributed by atoms with Gasteiger partial charge < -0.3 is 9.47 Å². The largest absolute Gasteiger partial charge is 0.493 e. The van der Waals surface area contributed by atoms with Crippen LogP contribution >= 0.6 is 39.9 Å². The lowest BCUT2D eigenvalue weighted by Crippen LogP contribution is -2.31. The van der Waals surface area contributed by atoms with Gasteiger partial charge in [-0.3, -0.25) is 9.69 Å². The summed E-state index contributed by atoms with van der Waals surface area (Å²) < 4.78 is 12.8. The maximum atomic E-state index is 12.8. The van der Waals surface area contributed by atoms with Crippen LogP contribution in [0, 0.1) is 17.2 Å². The van der Waals surface area contributed by atoms with Crippen molar-refractivity contribution in [1.29, 1.82) is 5.26 Å². The van der Waals surface area contributed by atoms with Gasteiger partial charge >= 0.3 is 0 Å². The zero-order chi connectivity index (χ0) is 22.5. The van der Waals surface area contributed by atoms with Gasteiger partial charge in [-0.25, -0.2) is 0 Å². The molecule has 0 atom stereocenters. The number of nitrogens with zero attached hydrogens (tertiary/aromatic N) is 2. The number of benzene rings is 2. The topological polar surface area (TPSA) is 62.6 Å². The molecule has 31 heavy (non-hydrogen) atoms. The Hall–Kier alpha value is -2.34. The van der Waals surface area contributed by atoms with Crippen LogP contribution in [0.15, 0.2) is 45.8 Å². The van der Waals surface area contributed by atoms with Crippen molar-refractivity contribution in [3.05, 3.63) is 62.5 Å². The molecule has 1 fully saturated rings. The van der Waals surface area contributed by atoms with E-state index in [1.54, 1.807) is 30.2 Å². The highest BCUT2D eigenvalue weighted by molar-refractivity contribution is 9.10. The fourth-order valence-corrected chi connectivity index (χ4v) is 4.71. The van der Waals surface area contributed by atoms with Gasteiger partial charge in [0.1, 0.15) is 10.9 Å². The molecule has 5 nitrogen and oxygen atoms in total. The molecule has 1 heterocycles. The number of halogens is 1. The first-order valence-corrected chi connectivity index (χ1v) is 11.6. The third kappa shape index (κ3) is 5.48. The molecule has 0 aromatic heterocycles. The van der Waals surface area contributed by atoms with E-state index < -0.39 is 0 Å². The second-order valence-electron chi connectivity index (χ2n) is 7.27. The van der Waals surface area contributed by atoms with Crippen molar-refractivity contribution < 1.29 is 14.3 Å². The van der Waals surface area contributed by atoms with Gasteiger partial charge in [-0.2, -0.15) is 5.26 Å². The molecular formula is C23H21BrN2O3S2. The number of hydrogen-bond donors (Lipinski definition) is 0. The van der Waals surface area contributed by atoms with Crippen molar-refractivity contribution in [2.24, 2.45) is 5.92 Å². The van der Waals surface area contributed by atoms with Crippen LogP contribution in [0.4, 0.5) is 0 Å². The van der Waals surface area contributed by atoms with Crippen LogP contribution in [-0.2, 0) is 11.4 Å². The van der Waals surface area contributed by atoms with E-state index in [1.807, 2.05) is 24.3 Å². The summed E-state index contributed by atoms with van der Waals surface area (Å²) in [7, 11) is 1.56. The number of carbonyl (C=O) groups is 1. The predicted octanol–water partition coefficient (Wildman–Crippen LogP) is 5.77. The van der Waals surface area contributed by atoms with Crippen LogP contribution in [-0.4, -0.2) is 28.8 Å². The number of amides is 1. The maximum Gasteiger partial charge on any atom is 0.266 e. The Bertz CT molecular complexity index is 1090. The van der Waals surface area contributed by atoms with Crippen molar-refractivity contribution in [3.63, 3.8) is 0 Å². The SMILES string of the molecule is COc1cc(/C=C2\SC(=S)N(CC(C)C)C2=O)c(Br)cc1OCc1ccccc1C#N. The van der Waals surface area contributed by atoms with Gasteiger partial charge in [0.05, 0.1) is 23.6 Å². The second-order valence-corrected chi connectivity index (χ2v) is 9.80. The van der Waals surface area contributed by atoms with Gasteiger partial charge in [0, 0.05) is 16.6 Å². The predicted molar refractivity (Wildman–Crippen MR) is 131 cm³/mol. The minimum Gasteiger partial charge on any atom is -0.493 e. The molecule has 2 aromatic carbocycles. The number of hydrogen-bond acceptors (Lipinski definition) is 6. The van der Waals surface area contributed by atoms with Crippen LogP contribution in [0.25, 0.3) is 6.08 Å². The van der Waals surface area contributed by atoms with Crippen LogP contribution < -0.4 is 9.47 Å². The lowest BCUT2D eigenvalue weighted by atomic mass is 10.1. The Morgan fingerprint density at radius 3 is 2.71 bits per heavy atom. The van der Waals surface area contributed by atoms with Crippen molar-refractivity contribution in [1.82, 2.24) is 4.90 Å². The number of nitriles is 1. The average molecular weight is 517 g/mol. The van der Waals surface area contributed by atoms with Gasteiger partial charge in [-0.15, -0.1) is 0 Å². The van der Waals surface area contributed by atoms with Crippen molar-refractivity contribution in [2.45, 2.75) is 20.5 Å². The maximum absolute atomic E-state index is 12.8. The lowest BCUT2D eigenvalue weighted by molar-refractivity contribution is -0.122. The summed E-state index contributed by atoms with van der Waals surface area (Å²) in [5.74, 6) is 1.31. The van der Waals surface area contributed by atoms with Crippen LogP contribution in [0.1, 0.15) is 30.5 Å². The van der Waals surface area contributed by atoms with E-state index >= 15 is 0 Å². The second kappa shape index (κ2) is 10.3. The molecule has 1 aliphatic heterocycles. The molecule has 0 N–H and O–H groups in total. The Morgan fingerprint density at radius 1 is 1.29 bits per heavy atom. The molecule has 1 aliphatic rings. The molecule has 8 heteroatoms. The van der Waals surface area contributed by atoms with Gasteiger partial charge in [0.25, 0.3) is 5.91 Å². The number of thiocarbonyl (C=S) groups is 1. The summed E-state index contributed by atoms with van der Waals surface area (Å²) >= 11 is 10.2. The lowest BCUT2D eigenvalue weighted by Gasteiger charge is -2.16. The van der Waals surface area contributed by atoms with E-state index in [0.29, 0.717) is 38.8 Å². The molecule has 1 amide bonds.